The Morgan fingerprint density at radius 2 is 1.89 bits per heavy atom. The molecule has 1 saturated carbocycles. The molecule has 1 aliphatic rings. The molecule has 2 nitrogen and oxygen atoms in total. The first-order valence-electron chi connectivity index (χ1n) is 2.64. The lowest BCUT2D eigenvalue weighted by atomic mass is 9.81. The standard InChI is InChI=1S/C5H6F2O2/c6-2-1-3(7)4(2)5(8)9/h2-4H,1H2,(H,8,9). The smallest absolute Gasteiger partial charge is 0.312 e. The van der Waals surface area contributed by atoms with Gasteiger partial charge in [-0.2, -0.15) is 0 Å². The van der Waals surface area contributed by atoms with Gasteiger partial charge < -0.3 is 5.11 Å². The fourth-order valence-electron chi connectivity index (χ4n) is 0.848. The summed E-state index contributed by atoms with van der Waals surface area (Å²) in [4.78, 5) is 9.92. The second kappa shape index (κ2) is 1.93. The molecule has 0 bridgehead atoms. The summed E-state index contributed by atoms with van der Waals surface area (Å²) in [6.45, 7) is 0. The molecule has 0 amide bonds. The van der Waals surface area contributed by atoms with Crippen LogP contribution in [0.2, 0.25) is 0 Å². The van der Waals surface area contributed by atoms with Crippen LogP contribution in [0.3, 0.4) is 0 Å². The van der Waals surface area contributed by atoms with Gasteiger partial charge in [0.1, 0.15) is 18.3 Å². The van der Waals surface area contributed by atoms with E-state index < -0.39 is 24.2 Å². The molecule has 2 atom stereocenters. The van der Waals surface area contributed by atoms with Crippen LogP contribution in [0.1, 0.15) is 6.42 Å². The molecule has 52 valence electrons. The molecule has 4 heteroatoms. The predicted octanol–water partition coefficient (Wildman–Crippen LogP) is 0.767. The van der Waals surface area contributed by atoms with E-state index in [1.165, 1.54) is 0 Å². The fraction of sp³-hybridized carbons (Fsp3) is 0.800. The highest BCUT2D eigenvalue weighted by Gasteiger charge is 2.47. The molecule has 1 aliphatic carbocycles. The lowest BCUT2D eigenvalue weighted by Gasteiger charge is -2.30. The third-order valence-electron chi connectivity index (χ3n) is 1.51. The van der Waals surface area contributed by atoms with Crippen molar-refractivity contribution in [3.63, 3.8) is 0 Å². The van der Waals surface area contributed by atoms with Crippen LogP contribution in [-0.4, -0.2) is 23.4 Å². The Morgan fingerprint density at radius 3 is 2.00 bits per heavy atom. The van der Waals surface area contributed by atoms with Gasteiger partial charge in [-0.3, -0.25) is 4.79 Å². The molecule has 0 aromatic carbocycles. The van der Waals surface area contributed by atoms with E-state index >= 15 is 0 Å². The van der Waals surface area contributed by atoms with E-state index in [2.05, 4.69) is 0 Å². The maximum atomic E-state index is 12.1. The topological polar surface area (TPSA) is 37.3 Å². The Labute approximate surface area is 50.5 Å². The predicted molar refractivity (Wildman–Crippen MR) is 25.5 cm³/mol. The molecule has 0 aromatic heterocycles. The molecule has 1 fully saturated rings. The normalized spacial score (nSPS) is 41.8. The van der Waals surface area contributed by atoms with Crippen LogP contribution in [0.5, 0.6) is 0 Å². The van der Waals surface area contributed by atoms with E-state index in [1.54, 1.807) is 0 Å². The molecular formula is C5H6F2O2. The van der Waals surface area contributed by atoms with Crippen LogP contribution in [0.25, 0.3) is 0 Å². The highest BCUT2D eigenvalue weighted by atomic mass is 19.2. The van der Waals surface area contributed by atoms with Crippen molar-refractivity contribution < 1.29 is 18.7 Å². The van der Waals surface area contributed by atoms with Crippen molar-refractivity contribution in [1.29, 1.82) is 0 Å². The Kier molecular flexibility index (Phi) is 1.38. The van der Waals surface area contributed by atoms with Gasteiger partial charge in [-0.15, -0.1) is 0 Å². The Balaban J connectivity index is 2.49. The van der Waals surface area contributed by atoms with Crippen molar-refractivity contribution in [1.82, 2.24) is 0 Å². The molecular weight excluding hydrogens is 130 g/mol. The van der Waals surface area contributed by atoms with E-state index in [0.29, 0.717) is 0 Å². The van der Waals surface area contributed by atoms with Gasteiger partial charge in [0.15, 0.2) is 0 Å². The molecule has 0 aromatic rings. The first-order valence-corrected chi connectivity index (χ1v) is 2.64. The van der Waals surface area contributed by atoms with Crippen LogP contribution in [0.15, 0.2) is 0 Å². The summed E-state index contributed by atoms with van der Waals surface area (Å²) in [5.41, 5.74) is 0. The van der Waals surface area contributed by atoms with Crippen LogP contribution in [0.4, 0.5) is 8.78 Å². The van der Waals surface area contributed by atoms with Gasteiger partial charge in [0.05, 0.1) is 0 Å². The third kappa shape index (κ3) is 0.886. The molecule has 1 rings (SSSR count). The molecule has 0 radical (unpaired) electrons. The van der Waals surface area contributed by atoms with Crippen LogP contribution in [0, 0.1) is 5.92 Å². The number of hydrogen-bond donors (Lipinski definition) is 1. The molecule has 2 unspecified atom stereocenters. The van der Waals surface area contributed by atoms with Gasteiger partial charge in [0.2, 0.25) is 0 Å². The summed E-state index contributed by atoms with van der Waals surface area (Å²) in [7, 11) is 0. The Hall–Kier alpha value is -0.670. The zero-order valence-electron chi connectivity index (χ0n) is 4.55. The van der Waals surface area contributed by atoms with Gasteiger partial charge in [-0.1, -0.05) is 0 Å². The second-order valence-electron chi connectivity index (χ2n) is 2.13. The Bertz CT molecular complexity index is 129. The van der Waals surface area contributed by atoms with E-state index in [-0.39, 0.29) is 6.42 Å². The third-order valence-corrected chi connectivity index (χ3v) is 1.51. The van der Waals surface area contributed by atoms with E-state index in [1.807, 2.05) is 0 Å². The SMILES string of the molecule is O=C(O)C1C(F)CC1F. The van der Waals surface area contributed by atoms with Crippen molar-refractivity contribution in [2.24, 2.45) is 5.92 Å². The second-order valence-corrected chi connectivity index (χ2v) is 2.13. The number of carbonyl (C=O) groups is 1. The minimum atomic E-state index is -1.47. The van der Waals surface area contributed by atoms with E-state index in [9.17, 15) is 13.6 Å². The molecule has 0 aliphatic heterocycles. The number of hydrogen-bond acceptors (Lipinski definition) is 1. The average Bonchev–Trinajstić information content (AvgIpc) is 1.62. The summed E-state index contributed by atoms with van der Waals surface area (Å²) in [6, 6.07) is 0. The minimum absolute atomic E-state index is 0.253. The number of aliphatic carboxylic acids is 1. The Morgan fingerprint density at radius 1 is 1.44 bits per heavy atom. The summed E-state index contributed by atoms with van der Waals surface area (Å²) in [5.74, 6) is -2.77. The highest BCUT2D eigenvalue weighted by molar-refractivity contribution is 5.72. The lowest BCUT2D eigenvalue weighted by Crippen LogP contribution is -2.45. The molecule has 0 saturated heterocycles. The van der Waals surface area contributed by atoms with Crippen LogP contribution < -0.4 is 0 Å². The number of alkyl halides is 2. The largest absolute Gasteiger partial charge is 0.481 e. The van der Waals surface area contributed by atoms with Gasteiger partial charge >= 0.3 is 5.97 Å². The van der Waals surface area contributed by atoms with E-state index in [4.69, 9.17) is 5.11 Å². The van der Waals surface area contributed by atoms with Crippen molar-refractivity contribution in [3.05, 3.63) is 0 Å². The lowest BCUT2D eigenvalue weighted by molar-refractivity contribution is -0.154. The number of carboxylic acid groups (broad SMARTS) is 1. The minimum Gasteiger partial charge on any atom is -0.481 e. The summed E-state index contributed by atoms with van der Waals surface area (Å²) in [5, 5.41) is 8.09. The summed E-state index contributed by atoms with van der Waals surface area (Å²) < 4.78 is 24.1. The van der Waals surface area contributed by atoms with Gasteiger partial charge in [0, 0.05) is 6.42 Å². The number of halogens is 2. The number of carboxylic acids is 1. The zero-order valence-corrected chi connectivity index (χ0v) is 4.55. The fourth-order valence-corrected chi connectivity index (χ4v) is 0.848. The molecule has 0 spiro atoms. The van der Waals surface area contributed by atoms with Crippen LogP contribution in [-0.2, 0) is 4.79 Å². The average molecular weight is 136 g/mol. The monoisotopic (exact) mass is 136 g/mol. The maximum Gasteiger partial charge on any atom is 0.312 e. The quantitative estimate of drug-likeness (QED) is 0.578. The zero-order chi connectivity index (χ0) is 7.02. The van der Waals surface area contributed by atoms with Crippen molar-refractivity contribution in [2.45, 2.75) is 18.8 Å². The van der Waals surface area contributed by atoms with E-state index in [0.717, 1.165) is 0 Å². The number of rotatable bonds is 1. The molecule has 0 heterocycles. The summed E-state index contributed by atoms with van der Waals surface area (Å²) >= 11 is 0. The van der Waals surface area contributed by atoms with Gasteiger partial charge in [-0.05, 0) is 0 Å². The first-order chi connectivity index (χ1) is 4.13. The maximum absolute atomic E-state index is 12.1. The van der Waals surface area contributed by atoms with Gasteiger partial charge in [-0.25, -0.2) is 8.78 Å². The summed E-state index contributed by atoms with van der Waals surface area (Å²) in [6.07, 6.45) is -3.20. The van der Waals surface area contributed by atoms with Crippen LogP contribution >= 0.6 is 0 Å². The van der Waals surface area contributed by atoms with Gasteiger partial charge in [0.25, 0.3) is 0 Å². The highest BCUT2D eigenvalue weighted by Crippen LogP contribution is 2.33. The van der Waals surface area contributed by atoms with Crippen molar-refractivity contribution in [2.75, 3.05) is 0 Å². The first kappa shape index (κ1) is 6.45. The van der Waals surface area contributed by atoms with Crippen molar-refractivity contribution in [3.8, 4) is 0 Å². The molecule has 1 N–H and O–H groups in total. The molecule has 9 heavy (non-hydrogen) atoms. The van der Waals surface area contributed by atoms with Crippen molar-refractivity contribution >= 4 is 5.97 Å².